The minimum absolute atomic E-state index is 0.0741. The van der Waals surface area contributed by atoms with Crippen molar-refractivity contribution >= 4 is 11.8 Å². The summed E-state index contributed by atoms with van der Waals surface area (Å²) < 4.78 is 11.3. The molecule has 0 bridgehead atoms. The topological polar surface area (TPSA) is 220 Å². The fourth-order valence-electron chi connectivity index (χ4n) is 4.34. The van der Waals surface area contributed by atoms with Crippen LogP contribution in [0.15, 0.2) is 24.3 Å². The second-order valence-corrected chi connectivity index (χ2v) is 9.94. The molecular weight excluding hydrogens is 512 g/mol. The van der Waals surface area contributed by atoms with E-state index in [0.717, 1.165) is 22.4 Å². The number of hydrogen-bond donors (Lipinski definition) is 8. The number of hydrogen-bond acceptors (Lipinski definition) is 10. The number of nitrogens with zero attached hydrogens (tertiary/aromatic N) is 1. The molecule has 0 aliphatic carbocycles. The van der Waals surface area contributed by atoms with Gasteiger partial charge in [0.05, 0.1) is 13.2 Å². The number of benzene rings is 1. The molecule has 2 aromatic rings. The number of nitrogens with two attached hydrogens (primary N) is 1. The highest BCUT2D eigenvalue weighted by Crippen LogP contribution is 2.31. The molecule has 2 amide bonds. The summed E-state index contributed by atoms with van der Waals surface area (Å²) in [5.41, 5.74) is 8.63. The third-order valence-electron chi connectivity index (χ3n) is 6.65. The summed E-state index contributed by atoms with van der Waals surface area (Å²) in [5.74, 6) is -0.903. The molecule has 13 nitrogen and oxygen atoms in total. The Morgan fingerprint density at radius 3 is 2.36 bits per heavy atom. The van der Waals surface area contributed by atoms with E-state index < -0.39 is 55.9 Å². The molecule has 0 unspecified atom stereocenters. The smallest absolute Gasteiger partial charge is 0.242 e. The lowest BCUT2D eigenvalue weighted by molar-refractivity contribution is -0.278. The Morgan fingerprint density at radius 2 is 1.77 bits per heavy atom. The Morgan fingerprint density at radius 1 is 1.10 bits per heavy atom. The average Bonchev–Trinajstić information content (AvgIpc) is 3.30. The maximum atomic E-state index is 12.0. The van der Waals surface area contributed by atoms with Gasteiger partial charge in [0.1, 0.15) is 30.5 Å². The first kappa shape index (κ1) is 30.5. The van der Waals surface area contributed by atoms with E-state index in [1.807, 2.05) is 38.1 Å². The number of aliphatic hydroxyl groups excluding tert-OH is 5. The highest BCUT2D eigenvalue weighted by Gasteiger charge is 2.45. The van der Waals surface area contributed by atoms with Crippen LogP contribution in [0.5, 0.6) is 5.88 Å². The van der Waals surface area contributed by atoms with Crippen LogP contribution >= 0.6 is 0 Å². The number of aliphatic hydroxyl groups is 5. The van der Waals surface area contributed by atoms with E-state index in [-0.39, 0.29) is 24.1 Å². The van der Waals surface area contributed by atoms with Gasteiger partial charge in [0, 0.05) is 24.1 Å². The summed E-state index contributed by atoms with van der Waals surface area (Å²) >= 11 is 0. The van der Waals surface area contributed by atoms with Crippen molar-refractivity contribution in [1.82, 2.24) is 15.5 Å². The van der Waals surface area contributed by atoms with E-state index in [1.54, 1.807) is 0 Å². The summed E-state index contributed by atoms with van der Waals surface area (Å²) in [6, 6.07) is 6.68. The predicted octanol–water partition coefficient (Wildman–Crippen LogP) is -1.41. The maximum absolute atomic E-state index is 12.0. The Hall–Kier alpha value is -3.07. The Bertz CT molecular complexity index is 1090. The molecule has 1 fully saturated rings. The van der Waals surface area contributed by atoms with Gasteiger partial charge in [0.2, 0.25) is 24.0 Å². The van der Waals surface area contributed by atoms with Gasteiger partial charge in [0.25, 0.3) is 0 Å². The monoisotopic (exact) mass is 550 g/mol. The normalized spacial score (nSPS) is 23.9. The van der Waals surface area contributed by atoms with Crippen molar-refractivity contribution in [3.63, 3.8) is 0 Å². The second-order valence-electron chi connectivity index (χ2n) is 9.94. The molecule has 1 aromatic heterocycles. The molecule has 1 aromatic carbocycles. The van der Waals surface area contributed by atoms with Crippen molar-refractivity contribution in [3.8, 4) is 5.88 Å². The van der Waals surface area contributed by atoms with E-state index in [4.69, 9.17) is 20.3 Å². The third-order valence-corrected chi connectivity index (χ3v) is 6.65. The minimum Gasteiger partial charge on any atom is -0.443 e. The van der Waals surface area contributed by atoms with Crippen molar-refractivity contribution < 1.29 is 44.6 Å². The number of carbonyl (C=O) groups is 2. The van der Waals surface area contributed by atoms with E-state index in [2.05, 4.69) is 15.5 Å². The molecular formula is C26H38N4O9. The number of primary amides is 1. The fourth-order valence-corrected chi connectivity index (χ4v) is 4.34. The van der Waals surface area contributed by atoms with E-state index in [9.17, 15) is 30.0 Å². The number of ether oxygens (including phenoxy) is 2. The molecule has 1 saturated heterocycles. The second kappa shape index (κ2) is 13.8. The molecule has 1 aliphatic heterocycles. The lowest BCUT2D eigenvalue weighted by Crippen LogP contribution is -2.60. The van der Waals surface area contributed by atoms with Crippen LogP contribution in [0.2, 0.25) is 0 Å². The summed E-state index contributed by atoms with van der Waals surface area (Å²) in [5, 5.41) is 58.6. The van der Waals surface area contributed by atoms with Gasteiger partial charge in [-0.3, -0.25) is 14.7 Å². The zero-order valence-electron chi connectivity index (χ0n) is 22.0. The van der Waals surface area contributed by atoms with Gasteiger partial charge >= 0.3 is 0 Å². The number of aryl methyl sites for hydroxylation is 1. The zero-order chi connectivity index (χ0) is 28.7. The van der Waals surface area contributed by atoms with Crippen LogP contribution < -0.4 is 15.8 Å². The summed E-state index contributed by atoms with van der Waals surface area (Å²) in [7, 11) is 0. The van der Waals surface area contributed by atoms with Crippen molar-refractivity contribution in [2.75, 3.05) is 13.2 Å². The minimum atomic E-state index is -1.56. The van der Waals surface area contributed by atoms with Gasteiger partial charge in [-0.1, -0.05) is 38.1 Å². The first-order valence-electron chi connectivity index (χ1n) is 12.9. The molecule has 2 heterocycles. The van der Waals surface area contributed by atoms with Crippen LogP contribution in [0.3, 0.4) is 0 Å². The number of amides is 2. The van der Waals surface area contributed by atoms with Crippen LogP contribution in [-0.2, 0) is 27.2 Å². The van der Waals surface area contributed by atoms with Crippen molar-refractivity contribution in [2.45, 2.75) is 82.2 Å². The fraction of sp³-hybridized carbons (Fsp3) is 0.577. The molecule has 3 rings (SSSR count). The Kier molecular flexibility index (Phi) is 10.8. The lowest BCUT2D eigenvalue weighted by Gasteiger charge is -2.39. The number of rotatable bonds is 13. The molecule has 1 aliphatic rings. The van der Waals surface area contributed by atoms with Crippen LogP contribution in [0.25, 0.3) is 0 Å². The Balaban J connectivity index is 1.64. The zero-order valence-corrected chi connectivity index (χ0v) is 22.0. The van der Waals surface area contributed by atoms with Crippen molar-refractivity contribution in [3.05, 3.63) is 46.6 Å². The molecule has 6 atom stereocenters. The van der Waals surface area contributed by atoms with Gasteiger partial charge in [-0.05, 0) is 29.9 Å². The van der Waals surface area contributed by atoms with Gasteiger partial charge in [-0.15, -0.1) is 5.10 Å². The molecule has 0 saturated carbocycles. The highest BCUT2D eigenvalue weighted by atomic mass is 16.7. The van der Waals surface area contributed by atoms with Crippen LogP contribution in [0.1, 0.15) is 55.0 Å². The van der Waals surface area contributed by atoms with E-state index >= 15 is 0 Å². The lowest BCUT2D eigenvalue weighted by atomic mass is 9.97. The molecule has 0 radical (unpaired) electrons. The highest BCUT2D eigenvalue weighted by molar-refractivity contribution is 5.86. The largest absolute Gasteiger partial charge is 0.443 e. The summed E-state index contributed by atoms with van der Waals surface area (Å²) in [4.78, 5) is 23.1. The van der Waals surface area contributed by atoms with Crippen LogP contribution in [0, 0.1) is 0 Å². The van der Waals surface area contributed by atoms with Crippen LogP contribution in [0.4, 0.5) is 0 Å². The number of aromatic amines is 1. The number of aromatic nitrogens is 2. The number of nitrogens with one attached hydrogen (secondary N) is 2. The first-order valence-corrected chi connectivity index (χ1v) is 12.9. The van der Waals surface area contributed by atoms with Crippen molar-refractivity contribution in [2.24, 2.45) is 5.73 Å². The molecule has 216 valence electrons. The predicted molar refractivity (Wildman–Crippen MR) is 137 cm³/mol. The first-order chi connectivity index (χ1) is 18.5. The van der Waals surface area contributed by atoms with E-state index in [1.165, 1.54) is 0 Å². The van der Waals surface area contributed by atoms with Gasteiger partial charge in [-0.25, -0.2) is 0 Å². The summed E-state index contributed by atoms with van der Waals surface area (Å²) in [6.45, 7) is 2.86. The van der Waals surface area contributed by atoms with E-state index in [0.29, 0.717) is 19.3 Å². The molecule has 0 spiro atoms. The standard InChI is InChI=1S/C26H38N4O9/c1-13(2)20-16(25(30-29-20)39-26-23(36)22(35)21(34)18(12-32)38-26)10-15-8-6-14(7-9-15)4-3-5-19(33)28-17(11-31)24(27)37/h6-9,13,17-18,21-23,26,31-32,34-36H,3-5,10-12H2,1-2H3,(H2,27,37)(H,28,33)(H,29,30)/t17-,18+,21+,22-,23+,26-/m0/s1. The van der Waals surface area contributed by atoms with Crippen LogP contribution in [-0.4, -0.2) is 97.5 Å². The average molecular weight is 551 g/mol. The maximum Gasteiger partial charge on any atom is 0.242 e. The summed E-state index contributed by atoms with van der Waals surface area (Å²) in [6.07, 6.45) is -5.27. The van der Waals surface area contributed by atoms with Gasteiger partial charge < -0.3 is 46.1 Å². The quantitative estimate of drug-likeness (QED) is 0.145. The number of carbonyl (C=O) groups excluding carboxylic acids is 2. The molecule has 9 N–H and O–H groups in total. The molecule has 39 heavy (non-hydrogen) atoms. The molecule has 13 heteroatoms. The number of H-pyrrole nitrogens is 1. The Labute approximate surface area is 225 Å². The van der Waals surface area contributed by atoms with Gasteiger partial charge in [-0.2, -0.15) is 0 Å². The SMILES string of the molecule is CC(C)c1[nH]nc(O[C@@H]2O[C@H](CO)[C@@H](O)[C@H](O)[C@H]2O)c1Cc1ccc(CCCC(=O)N[C@@H](CO)C(N)=O)cc1. The van der Waals surface area contributed by atoms with Gasteiger partial charge in [0.15, 0.2) is 0 Å². The van der Waals surface area contributed by atoms with Crippen molar-refractivity contribution in [1.29, 1.82) is 0 Å². The third kappa shape index (κ3) is 7.75.